The van der Waals surface area contributed by atoms with Crippen molar-refractivity contribution in [1.29, 1.82) is 0 Å². The zero-order valence-corrected chi connectivity index (χ0v) is 12.6. The Hall–Kier alpha value is -0.135. The van der Waals surface area contributed by atoms with Gasteiger partial charge in [-0.1, -0.05) is 12.8 Å². The maximum atomic E-state index is 8.94. The summed E-state index contributed by atoms with van der Waals surface area (Å²) in [6.45, 7) is 3.65. The predicted molar refractivity (Wildman–Crippen MR) is 82.3 cm³/mol. The number of rotatable bonds is 10. The average Bonchev–Trinajstić information content (AvgIpc) is 2.43. The molecule has 118 valence electrons. The van der Waals surface area contributed by atoms with Crippen LogP contribution < -0.4 is 5.73 Å². The van der Waals surface area contributed by atoms with Crippen LogP contribution in [-0.4, -0.2) is 59.5 Å². The highest BCUT2D eigenvalue weighted by Gasteiger charge is 2.18. The molecule has 0 radical (unpaired) electrons. The third-order valence-electron chi connectivity index (χ3n) is 4.35. The van der Waals surface area contributed by atoms with Gasteiger partial charge in [0.25, 0.3) is 0 Å². The van der Waals surface area contributed by atoms with Gasteiger partial charge >= 0.3 is 7.12 Å². The highest BCUT2D eigenvalue weighted by atomic mass is 16.4. The Morgan fingerprint density at radius 2 is 1.85 bits per heavy atom. The van der Waals surface area contributed by atoms with E-state index in [1.54, 1.807) is 0 Å². The Balaban J connectivity index is 2.00. The molecule has 0 amide bonds. The second kappa shape index (κ2) is 10.6. The molecule has 0 spiro atoms. The van der Waals surface area contributed by atoms with Crippen molar-refractivity contribution in [1.82, 2.24) is 4.90 Å². The molecule has 1 atom stereocenters. The van der Waals surface area contributed by atoms with Gasteiger partial charge in [0.05, 0.1) is 0 Å². The van der Waals surface area contributed by atoms with Crippen molar-refractivity contribution in [2.24, 2.45) is 11.7 Å². The SMILES string of the molecule is N[C@H](CCCCB(O)O)CCN1CCC(CCO)CC1. The predicted octanol–water partition coefficient (Wildman–Crippen LogP) is 0.441. The first-order valence-corrected chi connectivity index (χ1v) is 8.06. The van der Waals surface area contributed by atoms with Gasteiger partial charge in [-0.05, 0) is 64.0 Å². The highest BCUT2D eigenvalue weighted by Crippen LogP contribution is 2.20. The maximum Gasteiger partial charge on any atom is 0.451 e. The topological polar surface area (TPSA) is 90.0 Å². The Bertz CT molecular complexity index is 236. The second-order valence-electron chi connectivity index (χ2n) is 6.11. The van der Waals surface area contributed by atoms with Gasteiger partial charge in [-0.15, -0.1) is 0 Å². The number of nitrogens with zero attached hydrogens (tertiary/aromatic N) is 1. The molecule has 1 aliphatic heterocycles. The normalized spacial score (nSPS) is 19.2. The van der Waals surface area contributed by atoms with E-state index in [4.69, 9.17) is 20.9 Å². The van der Waals surface area contributed by atoms with E-state index in [9.17, 15) is 0 Å². The van der Waals surface area contributed by atoms with E-state index >= 15 is 0 Å². The van der Waals surface area contributed by atoms with Gasteiger partial charge in [0, 0.05) is 12.6 Å². The van der Waals surface area contributed by atoms with Crippen molar-refractivity contribution < 1.29 is 15.2 Å². The van der Waals surface area contributed by atoms with E-state index in [2.05, 4.69) is 4.90 Å². The fourth-order valence-electron chi connectivity index (χ4n) is 2.91. The summed E-state index contributed by atoms with van der Waals surface area (Å²) >= 11 is 0. The van der Waals surface area contributed by atoms with E-state index in [1.807, 2.05) is 0 Å². The molecule has 5 N–H and O–H groups in total. The lowest BCUT2D eigenvalue weighted by atomic mass is 9.83. The average molecular weight is 286 g/mol. The number of hydrogen-bond acceptors (Lipinski definition) is 5. The monoisotopic (exact) mass is 286 g/mol. The smallest absolute Gasteiger partial charge is 0.427 e. The standard InChI is InChI=1S/C14H31BN2O3/c16-14(3-1-2-8-15(19)20)6-11-17-9-4-13(5-10-17)7-12-18/h13-14,18-20H,1-12,16H2/t14-/m1/s1. The highest BCUT2D eigenvalue weighted by molar-refractivity contribution is 6.40. The Kier molecular flexibility index (Phi) is 9.47. The zero-order chi connectivity index (χ0) is 14.8. The fraction of sp³-hybridized carbons (Fsp3) is 1.00. The number of piperidine rings is 1. The lowest BCUT2D eigenvalue weighted by Gasteiger charge is -2.32. The molecule has 1 rings (SSSR count). The van der Waals surface area contributed by atoms with Crippen LogP contribution in [0.1, 0.15) is 44.9 Å². The summed E-state index contributed by atoms with van der Waals surface area (Å²) in [4.78, 5) is 2.48. The van der Waals surface area contributed by atoms with Crippen LogP contribution in [0.15, 0.2) is 0 Å². The number of aliphatic hydroxyl groups is 1. The summed E-state index contributed by atoms with van der Waals surface area (Å²) in [5, 5.41) is 26.4. The first-order chi connectivity index (χ1) is 9.61. The number of unbranched alkanes of at least 4 members (excludes halogenated alkanes) is 1. The van der Waals surface area contributed by atoms with Crippen molar-refractivity contribution in [2.45, 2.75) is 57.3 Å². The lowest BCUT2D eigenvalue weighted by Crippen LogP contribution is -2.37. The molecule has 1 fully saturated rings. The quantitative estimate of drug-likeness (QED) is 0.346. The summed E-state index contributed by atoms with van der Waals surface area (Å²) < 4.78 is 0. The van der Waals surface area contributed by atoms with Gasteiger partial charge < -0.3 is 25.8 Å². The lowest BCUT2D eigenvalue weighted by molar-refractivity contribution is 0.155. The van der Waals surface area contributed by atoms with Crippen LogP contribution in [0.4, 0.5) is 0 Å². The van der Waals surface area contributed by atoms with E-state index in [-0.39, 0.29) is 6.04 Å². The molecular formula is C14H31BN2O3. The largest absolute Gasteiger partial charge is 0.451 e. The van der Waals surface area contributed by atoms with Gasteiger partial charge in [-0.25, -0.2) is 0 Å². The first kappa shape index (κ1) is 17.9. The minimum absolute atomic E-state index is 0.223. The van der Waals surface area contributed by atoms with Crippen LogP contribution in [0.3, 0.4) is 0 Å². The van der Waals surface area contributed by atoms with Crippen molar-refractivity contribution in [3.05, 3.63) is 0 Å². The Morgan fingerprint density at radius 1 is 1.15 bits per heavy atom. The summed E-state index contributed by atoms with van der Waals surface area (Å²) in [6, 6.07) is 0.223. The summed E-state index contributed by atoms with van der Waals surface area (Å²) in [6.07, 6.45) is 7.58. The molecule has 0 aromatic rings. The van der Waals surface area contributed by atoms with Crippen LogP contribution in [-0.2, 0) is 0 Å². The van der Waals surface area contributed by atoms with Gasteiger partial charge in [0.1, 0.15) is 0 Å². The molecule has 0 aromatic carbocycles. The Labute approximate surface area is 123 Å². The summed E-state index contributed by atoms with van der Waals surface area (Å²) in [5.41, 5.74) is 6.10. The van der Waals surface area contributed by atoms with Crippen molar-refractivity contribution >= 4 is 7.12 Å². The molecule has 1 heterocycles. The second-order valence-corrected chi connectivity index (χ2v) is 6.11. The van der Waals surface area contributed by atoms with Crippen LogP contribution in [0.5, 0.6) is 0 Å². The molecule has 1 saturated heterocycles. The van der Waals surface area contributed by atoms with Gasteiger partial charge in [-0.3, -0.25) is 0 Å². The first-order valence-electron chi connectivity index (χ1n) is 8.06. The number of nitrogens with two attached hydrogens (primary N) is 1. The molecule has 6 heteroatoms. The van der Waals surface area contributed by atoms with Crippen LogP contribution in [0, 0.1) is 5.92 Å². The molecule has 5 nitrogen and oxygen atoms in total. The van der Waals surface area contributed by atoms with E-state index < -0.39 is 7.12 Å². The number of aliphatic hydroxyl groups excluding tert-OH is 1. The number of likely N-dealkylation sites (tertiary alicyclic amines) is 1. The van der Waals surface area contributed by atoms with Gasteiger partial charge in [-0.2, -0.15) is 0 Å². The van der Waals surface area contributed by atoms with Crippen molar-refractivity contribution in [3.8, 4) is 0 Å². The molecule has 0 saturated carbocycles. The molecular weight excluding hydrogens is 255 g/mol. The fourth-order valence-corrected chi connectivity index (χ4v) is 2.91. The van der Waals surface area contributed by atoms with Gasteiger partial charge in [0.15, 0.2) is 0 Å². The van der Waals surface area contributed by atoms with Crippen LogP contribution in [0.2, 0.25) is 6.32 Å². The third kappa shape index (κ3) is 8.22. The minimum atomic E-state index is -1.17. The summed E-state index contributed by atoms with van der Waals surface area (Å²) in [5.74, 6) is 0.704. The van der Waals surface area contributed by atoms with Crippen molar-refractivity contribution in [2.75, 3.05) is 26.2 Å². The molecule has 1 aliphatic rings. The maximum absolute atomic E-state index is 8.94. The van der Waals surface area contributed by atoms with Gasteiger partial charge in [0.2, 0.25) is 0 Å². The molecule has 0 bridgehead atoms. The third-order valence-corrected chi connectivity index (χ3v) is 4.35. The molecule has 0 aromatic heterocycles. The van der Waals surface area contributed by atoms with E-state index in [0.717, 1.165) is 51.7 Å². The Morgan fingerprint density at radius 3 is 2.45 bits per heavy atom. The molecule has 0 aliphatic carbocycles. The van der Waals surface area contributed by atoms with Crippen molar-refractivity contribution in [3.63, 3.8) is 0 Å². The van der Waals surface area contributed by atoms with Crippen LogP contribution in [0.25, 0.3) is 0 Å². The molecule has 0 unspecified atom stereocenters. The molecule has 20 heavy (non-hydrogen) atoms. The number of hydrogen-bond donors (Lipinski definition) is 4. The minimum Gasteiger partial charge on any atom is -0.427 e. The van der Waals surface area contributed by atoms with Crippen LogP contribution >= 0.6 is 0 Å². The van der Waals surface area contributed by atoms with E-state index in [1.165, 1.54) is 12.8 Å². The zero-order valence-electron chi connectivity index (χ0n) is 12.6. The van der Waals surface area contributed by atoms with E-state index in [0.29, 0.717) is 18.8 Å². The summed E-state index contributed by atoms with van der Waals surface area (Å²) in [7, 11) is -1.17.